The molecule has 0 unspecified atom stereocenters. The Hall–Kier alpha value is 1.47. The Morgan fingerprint density at radius 2 is 1.25 bits per heavy atom. The van der Waals surface area contributed by atoms with E-state index in [9.17, 15) is 0 Å². The Bertz CT molecular complexity index is 71.8. The van der Waals surface area contributed by atoms with Crippen molar-refractivity contribution < 1.29 is 19.2 Å². The van der Waals surface area contributed by atoms with E-state index < -0.39 is 7.82 Å². The third kappa shape index (κ3) is 145. The van der Waals surface area contributed by atoms with Crippen molar-refractivity contribution in [3.63, 3.8) is 0 Å². The van der Waals surface area contributed by atoms with Gasteiger partial charge in [-0.05, 0) is 0 Å². The number of rotatable bonds is 0. The average Bonchev–Trinajstić information content (AvgIpc) is 1.36. The van der Waals surface area contributed by atoms with Gasteiger partial charge in [0, 0.05) is 0 Å². The number of hydrogen-bond acceptors (Lipinski definition) is 2. The Kier molecular flexibility index (Phi) is 17.2. The summed E-state index contributed by atoms with van der Waals surface area (Å²) in [7, 11) is -0.431. The van der Waals surface area contributed by atoms with E-state index in [2.05, 4.69) is 10.5 Å². The molecular weight excluding hydrogens is 207 g/mol. The molecule has 0 aliphatic heterocycles. The van der Waals surface area contributed by atoms with Crippen LogP contribution in [0.3, 0.4) is 0 Å². The van der Waals surface area contributed by atoms with Gasteiger partial charge in [0.2, 0.25) is 0 Å². The first-order valence-corrected chi connectivity index (χ1v) is 6.85. The van der Waals surface area contributed by atoms with Crippen LogP contribution in [0.5, 0.6) is 0 Å². The molecule has 0 heterocycles. The summed E-state index contributed by atoms with van der Waals surface area (Å²) in [4.78, 5) is 21.6. The van der Waals surface area contributed by atoms with Crippen molar-refractivity contribution in [2.45, 2.75) is 0 Å². The fourth-order valence-corrected chi connectivity index (χ4v) is 0. The molecule has 0 aromatic carbocycles. The van der Waals surface area contributed by atoms with Crippen molar-refractivity contribution >= 4 is 52.0 Å². The summed E-state index contributed by atoms with van der Waals surface area (Å²) in [6, 6.07) is 0. The molecule has 0 radical (unpaired) electrons. The van der Waals surface area contributed by atoms with Gasteiger partial charge < -0.3 is 14.7 Å². The second kappa shape index (κ2) is 8.47. The van der Waals surface area contributed by atoms with E-state index >= 15 is 0 Å². The first kappa shape index (κ1) is 16.2. The monoisotopic (exact) mass is 214 g/mol. The molecule has 0 bridgehead atoms. The Balaban J connectivity index is -0.0000000750. The molecular formula is H6GeLiO4PS. The Labute approximate surface area is 71.1 Å². The molecule has 4 nitrogen and oxygen atoms in total. The minimum absolute atomic E-state index is 0. The molecule has 0 spiro atoms. The maximum absolute atomic E-state index is 8.88. The van der Waals surface area contributed by atoms with Gasteiger partial charge in [0.1, 0.15) is 0 Å². The molecule has 0 saturated heterocycles. The summed E-state index contributed by atoms with van der Waals surface area (Å²) in [6.45, 7) is 0. The van der Waals surface area contributed by atoms with E-state index in [1.165, 1.54) is 0 Å². The fraction of sp³-hybridized carbons (Fsp3) is 0. The summed E-state index contributed by atoms with van der Waals surface area (Å²) in [5.74, 6) is 0. The molecule has 0 aliphatic carbocycles. The zero-order chi connectivity index (χ0) is 6.50. The van der Waals surface area contributed by atoms with Gasteiger partial charge in [0.15, 0.2) is 0 Å². The quantitative estimate of drug-likeness (QED) is 0.325. The molecule has 0 aliphatic rings. The van der Waals surface area contributed by atoms with Crippen molar-refractivity contribution in [3.05, 3.63) is 0 Å². The Morgan fingerprint density at radius 3 is 1.25 bits per heavy atom. The minimum atomic E-state index is -4.64. The first-order valence-electron chi connectivity index (χ1n) is 1.07. The van der Waals surface area contributed by atoms with Crippen molar-refractivity contribution in [3.8, 4) is 0 Å². The van der Waals surface area contributed by atoms with Gasteiger partial charge in [-0.3, -0.25) is 0 Å². The summed E-state index contributed by atoms with van der Waals surface area (Å²) >= 11 is 0.958. The van der Waals surface area contributed by atoms with Gasteiger partial charge in [0.25, 0.3) is 0 Å². The first-order chi connectivity index (χ1) is 3.00. The van der Waals surface area contributed by atoms with Gasteiger partial charge in [-0.2, -0.15) is 0 Å². The third-order valence-corrected chi connectivity index (χ3v) is 0. The predicted molar refractivity (Wildman–Crippen MR) is 37.5 cm³/mol. The molecule has 0 aromatic rings. The van der Waals surface area contributed by atoms with Gasteiger partial charge in [-0.15, -0.1) is 0 Å². The number of phosphoric acid groups is 1. The van der Waals surface area contributed by atoms with Gasteiger partial charge >= 0.3 is 52.0 Å². The van der Waals surface area contributed by atoms with Crippen molar-refractivity contribution in [1.82, 2.24) is 0 Å². The maximum atomic E-state index is 8.88. The fourth-order valence-electron chi connectivity index (χ4n) is 0. The van der Waals surface area contributed by atoms with Crippen molar-refractivity contribution in [2.75, 3.05) is 0 Å². The van der Waals surface area contributed by atoms with Crippen LogP contribution in [0.2, 0.25) is 0 Å². The van der Waals surface area contributed by atoms with Gasteiger partial charge in [-0.25, -0.2) is 4.57 Å². The molecule has 0 rings (SSSR count). The normalized spacial score (nSPS) is 7.88. The molecule has 46 valence electrons. The van der Waals surface area contributed by atoms with Crippen LogP contribution in [0.4, 0.5) is 0 Å². The van der Waals surface area contributed by atoms with Gasteiger partial charge in [-0.1, -0.05) is 0 Å². The summed E-state index contributed by atoms with van der Waals surface area (Å²) in [6.07, 6.45) is 0. The second-order valence-electron chi connectivity index (χ2n) is 0.513. The Morgan fingerprint density at radius 1 is 1.25 bits per heavy atom. The molecule has 0 aromatic heterocycles. The number of hydrogen-bond donors (Lipinski definition) is 3. The third-order valence-electron chi connectivity index (χ3n) is 0. The van der Waals surface area contributed by atoms with Crippen LogP contribution in [0.25, 0.3) is 0 Å². The molecule has 8 heavy (non-hydrogen) atoms. The van der Waals surface area contributed by atoms with Crippen LogP contribution >= 0.6 is 18.3 Å². The van der Waals surface area contributed by atoms with E-state index in [0.29, 0.717) is 0 Å². The van der Waals surface area contributed by atoms with E-state index in [1.807, 2.05) is 0 Å². The van der Waals surface area contributed by atoms with Crippen molar-refractivity contribution in [2.24, 2.45) is 0 Å². The summed E-state index contributed by atoms with van der Waals surface area (Å²) < 4.78 is 8.88. The van der Waals surface area contributed by atoms with E-state index in [4.69, 9.17) is 19.2 Å². The second-order valence-corrected chi connectivity index (χ2v) is 1.54. The standard InChI is InChI=1S/GeH2S.Li.H3O4P.H/c1-2;;1-5(2,3)4;/h1H2;;(H3,1,2,3,4);. The van der Waals surface area contributed by atoms with E-state index in [-0.39, 0.29) is 18.9 Å². The molecule has 8 heteroatoms. The topological polar surface area (TPSA) is 77.8 Å². The summed E-state index contributed by atoms with van der Waals surface area (Å²) in [5.41, 5.74) is 0. The van der Waals surface area contributed by atoms with E-state index in [0.717, 1.165) is 14.9 Å². The molecule has 0 fully saturated rings. The predicted octanol–water partition coefficient (Wildman–Crippen LogP) is -1.85. The van der Waals surface area contributed by atoms with Crippen molar-refractivity contribution in [1.29, 1.82) is 0 Å². The average molecular weight is 213 g/mol. The molecule has 3 N–H and O–H groups in total. The zero-order valence-corrected chi connectivity index (χ0v) is 7.99. The van der Waals surface area contributed by atoms with Crippen LogP contribution in [0.1, 0.15) is 0 Å². The molecule has 0 atom stereocenters. The van der Waals surface area contributed by atoms with Crippen LogP contribution in [-0.2, 0) is 4.57 Å². The van der Waals surface area contributed by atoms with Gasteiger partial charge in [0.05, 0.1) is 0 Å². The van der Waals surface area contributed by atoms with Crippen LogP contribution in [0, 0.1) is 0 Å². The van der Waals surface area contributed by atoms with Crippen LogP contribution in [-0.4, -0.2) is 48.4 Å². The van der Waals surface area contributed by atoms with E-state index in [1.54, 1.807) is 0 Å². The molecule has 0 amide bonds. The summed E-state index contributed by atoms with van der Waals surface area (Å²) in [5, 5.41) is 0. The SMILES string of the molecule is O=P(O)(O)O.[LiH].[S]=[GeH2]. The zero-order valence-electron chi connectivity index (χ0n) is 3.31. The van der Waals surface area contributed by atoms with Crippen LogP contribution in [0.15, 0.2) is 0 Å². The van der Waals surface area contributed by atoms with Crippen LogP contribution < -0.4 is 0 Å². The molecule has 0 saturated carbocycles.